The zero-order chi connectivity index (χ0) is 9.03. The maximum absolute atomic E-state index is 12.4. The van der Waals surface area contributed by atoms with Crippen LogP contribution in [0.1, 0.15) is 39.0 Å². The van der Waals surface area contributed by atoms with Crippen molar-refractivity contribution in [2.45, 2.75) is 51.0 Å². The minimum Gasteiger partial charge on any atom is -0.314 e. The molecule has 1 aliphatic rings. The highest BCUT2D eigenvalue weighted by Gasteiger charge is 2.23. The molecule has 1 saturated heterocycles. The Morgan fingerprint density at radius 3 is 2.67 bits per heavy atom. The third-order valence-corrected chi connectivity index (χ3v) is 2.34. The van der Waals surface area contributed by atoms with Crippen molar-refractivity contribution in [2.75, 3.05) is 6.54 Å². The van der Waals surface area contributed by atoms with Crippen LogP contribution < -0.4 is 5.32 Å². The Kier molecular flexibility index (Phi) is 3.44. The lowest BCUT2D eigenvalue weighted by atomic mass is 9.99. The van der Waals surface area contributed by atoms with Crippen molar-refractivity contribution in [1.82, 2.24) is 5.32 Å². The van der Waals surface area contributed by atoms with E-state index < -0.39 is 5.92 Å². The zero-order valence-electron chi connectivity index (χ0n) is 7.58. The van der Waals surface area contributed by atoms with E-state index in [1.165, 1.54) is 12.8 Å². The fraction of sp³-hybridized carbons (Fsp3) is 1.00. The van der Waals surface area contributed by atoms with Gasteiger partial charge in [0, 0.05) is 12.5 Å². The minimum absolute atomic E-state index is 0.0185. The monoisotopic (exact) mass is 177 g/mol. The van der Waals surface area contributed by atoms with Gasteiger partial charge in [0.05, 0.1) is 0 Å². The molecule has 0 amide bonds. The van der Waals surface area contributed by atoms with Gasteiger partial charge in [0.15, 0.2) is 0 Å². The molecule has 0 bridgehead atoms. The van der Waals surface area contributed by atoms with Crippen LogP contribution in [0, 0.1) is 0 Å². The van der Waals surface area contributed by atoms with E-state index in [9.17, 15) is 8.78 Å². The Bertz CT molecular complexity index is 125. The molecule has 12 heavy (non-hydrogen) atoms. The van der Waals surface area contributed by atoms with Crippen LogP contribution in [0.3, 0.4) is 0 Å². The third-order valence-electron chi connectivity index (χ3n) is 2.34. The van der Waals surface area contributed by atoms with Crippen molar-refractivity contribution in [1.29, 1.82) is 0 Å². The Morgan fingerprint density at radius 1 is 1.42 bits per heavy atom. The first kappa shape index (κ1) is 9.90. The molecule has 1 rings (SSSR count). The largest absolute Gasteiger partial charge is 0.314 e. The standard InChI is InChI=1S/C9H17F2N/c1-9(10,11)6-5-8-4-2-3-7-12-8/h8,12H,2-7H2,1H3. The van der Waals surface area contributed by atoms with Crippen LogP contribution in [0.5, 0.6) is 0 Å². The number of piperidine rings is 1. The number of rotatable bonds is 3. The van der Waals surface area contributed by atoms with Crippen LogP contribution in [0.25, 0.3) is 0 Å². The first-order valence-corrected chi connectivity index (χ1v) is 4.69. The average Bonchev–Trinajstić information content (AvgIpc) is 2.02. The van der Waals surface area contributed by atoms with Crippen LogP contribution in [0.2, 0.25) is 0 Å². The van der Waals surface area contributed by atoms with Gasteiger partial charge in [-0.15, -0.1) is 0 Å². The summed E-state index contributed by atoms with van der Waals surface area (Å²) >= 11 is 0. The predicted octanol–water partition coefficient (Wildman–Crippen LogP) is 2.56. The number of alkyl halides is 2. The Morgan fingerprint density at radius 2 is 2.17 bits per heavy atom. The van der Waals surface area contributed by atoms with E-state index in [1.54, 1.807) is 0 Å². The molecule has 1 aliphatic heterocycles. The lowest BCUT2D eigenvalue weighted by molar-refractivity contribution is 0.00756. The quantitative estimate of drug-likeness (QED) is 0.698. The molecular weight excluding hydrogens is 160 g/mol. The summed E-state index contributed by atoms with van der Waals surface area (Å²) in [5.74, 6) is -2.49. The van der Waals surface area contributed by atoms with Gasteiger partial charge in [-0.05, 0) is 32.7 Å². The second-order valence-electron chi connectivity index (χ2n) is 3.76. The maximum atomic E-state index is 12.4. The number of hydrogen-bond donors (Lipinski definition) is 1. The van der Waals surface area contributed by atoms with Gasteiger partial charge in [-0.1, -0.05) is 6.42 Å². The highest BCUT2D eigenvalue weighted by molar-refractivity contribution is 4.74. The van der Waals surface area contributed by atoms with Gasteiger partial charge in [0.1, 0.15) is 0 Å². The van der Waals surface area contributed by atoms with Crippen molar-refractivity contribution < 1.29 is 8.78 Å². The molecule has 0 aromatic carbocycles. The molecular formula is C9H17F2N. The van der Waals surface area contributed by atoms with E-state index in [0.29, 0.717) is 12.5 Å². The molecule has 0 radical (unpaired) electrons. The summed E-state index contributed by atoms with van der Waals surface area (Å²) in [4.78, 5) is 0. The number of halogens is 2. The smallest absolute Gasteiger partial charge is 0.245 e. The average molecular weight is 177 g/mol. The SMILES string of the molecule is CC(F)(F)CCC1CCCCN1. The van der Waals surface area contributed by atoms with Crippen molar-refractivity contribution in [2.24, 2.45) is 0 Å². The molecule has 0 spiro atoms. The van der Waals surface area contributed by atoms with E-state index >= 15 is 0 Å². The molecule has 1 nitrogen and oxygen atoms in total. The highest BCUT2D eigenvalue weighted by Crippen LogP contribution is 2.22. The molecule has 1 fully saturated rings. The van der Waals surface area contributed by atoms with Crippen LogP contribution in [-0.2, 0) is 0 Å². The van der Waals surface area contributed by atoms with Gasteiger partial charge >= 0.3 is 0 Å². The maximum Gasteiger partial charge on any atom is 0.245 e. The lowest BCUT2D eigenvalue weighted by Crippen LogP contribution is -2.34. The van der Waals surface area contributed by atoms with Gasteiger partial charge < -0.3 is 5.32 Å². The van der Waals surface area contributed by atoms with E-state index in [0.717, 1.165) is 19.9 Å². The number of nitrogens with one attached hydrogen (secondary N) is 1. The molecule has 0 saturated carbocycles. The summed E-state index contributed by atoms with van der Waals surface area (Å²) < 4.78 is 24.9. The number of hydrogen-bond acceptors (Lipinski definition) is 1. The van der Waals surface area contributed by atoms with Crippen LogP contribution in [-0.4, -0.2) is 18.5 Å². The van der Waals surface area contributed by atoms with Gasteiger partial charge in [-0.2, -0.15) is 0 Å². The molecule has 1 atom stereocenters. The lowest BCUT2D eigenvalue weighted by Gasteiger charge is -2.24. The van der Waals surface area contributed by atoms with E-state index in [4.69, 9.17) is 0 Å². The zero-order valence-corrected chi connectivity index (χ0v) is 7.58. The van der Waals surface area contributed by atoms with Crippen molar-refractivity contribution in [3.05, 3.63) is 0 Å². The molecule has 1 unspecified atom stereocenters. The van der Waals surface area contributed by atoms with Crippen molar-refractivity contribution in [3.63, 3.8) is 0 Å². The summed E-state index contributed by atoms with van der Waals surface area (Å²) in [6, 6.07) is 0.338. The Labute approximate surface area is 72.5 Å². The van der Waals surface area contributed by atoms with Crippen LogP contribution in [0.15, 0.2) is 0 Å². The topological polar surface area (TPSA) is 12.0 Å². The van der Waals surface area contributed by atoms with E-state index in [1.807, 2.05) is 0 Å². The molecule has 0 aliphatic carbocycles. The Hall–Kier alpha value is -0.180. The molecule has 0 aromatic rings. The summed E-state index contributed by atoms with van der Waals surface area (Å²) in [7, 11) is 0. The first-order valence-electron chi connectivity index (χ1n) is 4.69. The second kappa shape index (κ2) is 4.17. The van der Waals surface area contributed by atoms with Gasteiger partial charge in [0.25, 0.3) is 0 Å². The summed E-state index contributed by atoms with van der Waals surface area (Å²) in [6.45, 7) is 2.00. The van der Waals surface area contributed by atoms with Crippen molar-refractivity contribution >= 4 is 0 Å². The first-order chi connectivity index (χ1) is 5.58. The molecule has 72 valence electrons. The molecule has 1 N–H and O–H groups in total. The van der Waals surface area contributed by atoms with Gasteiger partial charge in [-0.3, -0.25) is 0 Å². The normalized spacial score (nSPS) is 25.8. The fourth-order valence-electron chi connectivity index (χ4n) is 1.60. The fourth-order valence-corrected chi connectivity index (χ4v) is 1.60. The van der Waals surface area contributed by atoms with E-state index in [2.05, 4.69) is 5.32 Å². The summed E-state index contributed by atoms with van der Waals surface area (Å²) in [5, 5.41) is 3.26. The van der Waals surface area contributed by atoms with E-state index in [-0.39, 0.29) is 6.42 Å². The molecule has 1 heterocycles. The Balaban J connectivity index is 2.13. The summed E-state index contributed by atoms with van der Waals surface area (Å²) in [6.07, 6.45) is 4.08. The van der Waals surface area contributed by atoms with Gasteiger partial charge in [0.2, 0.25) is 5.92 Å². The minimum atomic E-state index is -2.49. The van der Waals surface area contributed by atoms with Crippen LogP contribution >= 0.6 is 0 Å². The van der Waals surface area contributed by atoms with Gasteiger partial charge in [-0.25, -0.2) is 8.78 Å². The highest BCUT2D eigenvalue weighted by atomic mass is 19.3. The predicted molar refractivity (Wildman–Crippen MR) is 45.5 cm³/mol. The van der Waals surface area contributed by atoms with Crippen LogP contribution in [0.4, 0.5) is 8.78 Å². The molecule has 0 aromatic heterocycles. The summed E-state index contributed by atoms with van der Waals surface area (Å²) in [5.41, 5.74) is 0. The molecule has 3 heteroatoms. The third kappa shape index (κ3) is 4.00. The second-order valence-corrected chi connectivity index (χ2v) is 3.76. The van der Waals surface area contributed by atoms with Crippen molar-refractivity contribution in [3.8, 4) is 0 Å².